The Labute approximate surface area is 127 Å². The van der Waals surface area contributed by atoms with Crippen molar-refractivity contribution in [3.63, 3.8) is 0 Å². The van der Waals surface area contributed by atoms with Crippen molar-refractivity contribution in [1.29, 1.82) is 0 Å². The monoisotopic (exact) mass is 335 g/mol. The van der Waals surface area contributed by atoms with E-state index in [2.05, 4.69) is 33.0 Å². The van der Waals surface area contributed by atoms with Crippen LogP contribution in [0.3, 0.4) is 0 Å². The van der Waals surface area contributed by atoms with Gasteiger partial charge < -0.3 is 15.1 Å². The highest BCUT2D eigenvalue weighted by Crippen LogP contribution is 2.29. The number of halogens is 1. The molecule has 106 valence electrons. The number of benzene rings is 2. The highest BCUT2D eigenvalue weighted by atomic mass is 79.9. The topological polar surface area (TPSA) is 43.7 Å². The Balaban J connectivity index is 2.15. The molecule has 0 saturated carbocycles. The van der Waals surface area contributed by atoms with E-state index >= 15 is 0 Å². The maximum absolute atomic E-state index is 9.92. The average Bonchev–Trinajstić information content (AvgIpc) is 2.40. The van der Waals surface area contributed by atoms with Gasteiger partial charge in [-0.15, -0.1) is 0 Å². The molecule has 2 aromatic rings. The average molecular weight is 336 g/mol. The van der Waals surface area contributed by atoms with E-state index < -0.39 is 6.10 Å². The van der Waals surface area contributed by atoms with Crippen molar-refractivity contribution in [2.45, 2.75) is 19.6 Å². The summed E-state index contributed by atoms with van der Waals surface area (Å²) in [6.07, 6.45) is -0.666. The molecule has 3 nitrogen and oxygen atoms in total. The number of nitrogens with zero attached hydrogens (tertiary/aromatic N) is 1. The Bertz CT molecular complexity index is 582. The van der Waals surface area contributed by atoms with Crippen LogP contribution in [0.25, 0.3) is 0 Å². The first kappa shape index (κ1) is 14.9. The molecule has 0 bridgehead atoms. The third-order valence-electron chi connectivity index (χ3n) is 3.24. The first-order valence-electron chi connectivity index (χ1n) is 6.44. The fraction of sp³-hybridized carbons (Fsp3) is 0.250. The van der Waals surface area contributed by atoms with Gasteiger partial charge in [0.25, 0.3) is 0 Å². The van der Waals surface area contributed by atoms with Crippen LogP contribution in [0.5, 0.6) is 5.75 Å². The fourth-order valence-corrected chi connectivity index (χ4v) is 2.34. The summed E-state index contributed by atoms with van der Waals surface area (Å²) in [5, 5.41) is 19.4. The normalized spacial score (nSPS) is 12.2. The molecule has 0 amide bonds. The Kier molecular flexibility index (Phi) is 4.68. The number of aliphatic hydroxyl groups excluding tert-OH is 1. The van der Waals surface area contributed by atoms with Crippen LogP contribution in [0.4, 0.5) is 5.69 Å². The van der Waals surface area contributed by atoms with Gasteiger partial charge in [0.2, 0.25) is 0 Å². The number of anilines is 1. The molecule has 2 aromatic carbocycles. The Morgan fingerprint density at radius 1 is 1.15 bits per heavy atom. The summed E-state index contributed by atoms with van der Waals surface area (Å²) in [6, 6.07) is 13.5. The fourth-order valence-electron chi connectivity index (χ4n) is 2.08. The molecule has 0 aliphatic rings. The SMILES string of the molecule is CC(O)c1ccc(N(C)Cc2ccc(Br)cc2)cc1O. The molecular weight excluding hydrogens is 318 g/mol. The summed E-state index contributed by atoms with van der Waals surface area (Å²) in [4.78, 5) is 2.05. The van der Waals surface area contributed by atoms with Crippen molar-refractivity contribution < 1.29 is 10.2 Å². The zero-order valence-corrected chi connectivity index (χ0v) is 13.1. The minimum atomic E-state index is -0.666. The Hall–Kier alpha value is -1.52. The molecule has 1 atom stereocenters. The van der Waals surface area contributed by atoms with Crippen LogP contribution in [-0.4, -0.2) is 17.3 Å². The quantitative estimate of drug-likeness (QED) is 0.891. The summed E-state index contributed by atoms with van der Waals surface area (Å²) >= 11 is 3.42. The lowest BCUT2D eigenvalue weighted by atomic mass is 10.1. The van der Waals surface area contributed by atoms with Gasteiger partial charge in [-0.25, -0.2) is 0 Å². The van der Waals surface area contributed by atoms with Gasteiger partial charge in [0.1, 0.15) is 5.75 Å². The van der Waals surface area contributed by atoms with E-state index in [1.165, 1.54) is 5.56 Å². The Morgan fingerprint density at radius 3 is 2.35 bits per heavy atom. The number of phenolic OH excluding ortho intramolecular Hbond substituents is 1. The van der Waals surface area contributed by atoms with Gasteiger partial charge in [-0.05, 0) is 30.7 Å². The smallest absolute Gasteiger partial charge is 0.123 e. The molecule has 2 N–H and O–H groups in total. The summed E-state index contributed by atoms with van der Waals surface area (Å²) in [5.41, 5.74) is 2.65. The first-order valence-corrected chi connectivity index (χ1v) is 7.23. The third kappa shape index (κ3) is 3.52. The standard InChI is InChI=1S/C16H18BrNO2/c1-11(19)15-8-7-14(9-16(15)20)18(2)10-12-3-5-13(17)6-4-12/h3-9,11,19-20H,10H2,1-2H3. The van der Waals surface area contributed by atoms with E-state index in [0.717, 1.165) is 16.7 Å². The summed E-state index contributed by atoms with van der Waals surface area (Å²) in [5.74, 6) is 0.125. The molecule has 0 radical (unpaired) electrons. The zero-order chi connectivity index (χ0) is 14.7. The van der Waals surface area contributed by atoms with E-state index in [0.29, 0.717) is 5.56 Å². The van der Waals surface area contributed by atoms with E-state index in [1.807, 2.05) is 25.2 Å². The van der Waals surface area contributed by atoms with Crippen LogP contribution in [-0.2, 0) is 6.54 Å². The molecule has 0 aromatic heterocycles. The maximum atomic E-state index is 9.92. The van der Waals surface area contributed by atoms with Gasteiger partial charge in [0.15, 0.2) is 0 Å². The minimum absolute atomic E-state index is 0.125. The van der Waals surface area contributed by atoms with Gasteiger partial charge in [0.05, 0.1) is 6.10 Å². The van der Waals surface area contributed by atoms with E-state index in [-0.39, 0.29) is 5.75 Å². The van der Waals surface area contributed by atoms with Crippen molar-refractivity contribution >= 4 is 21.6 Å². The predicted octanol–water partition coefficient (Wildman–Crippen LogP) is 3.84. The predicted molar refractivity (Wildman–Crippen MR) is 85.0 cm³/mol. The van der Waals surface area contributed by atoms with Gasteiger partial charge in [-0.2, -0.15) is 0 Å². The van der Waals surface area contributed by atoms with E-state index in [4.69, 9.17) is 0 Å². The van der Waals surface area contributed by atoms with Gasteiger partial charge in [0, 0.05) is 35.4 Å². The molecule has 0 saturated heterocycles. The lowest BCUT2D eigenvalue weighted by Crippen LogP contribution is -2.16. The second-order valence-electron chi connectivity index (χ2n) is 4.90. The molecular formula is C16H18BrNO2. The van der Waals surface area contributed by atoms with Crippen molar-refractivity contribution in [2.24, 2.45) is 0 Å². The van der Waals surface area contributed by atoms with Crippen molar-refractivity contribution in [2.75, 3.05) is 11.9 Å². The van der Waals surface area contributed by atoms with E-state index in [1.54, 1.807) is 19.1 Å². The van der Waals surface area contributed by atoms with Crippen LogP contribution in [0.1, 0.15) is 24.2 Å². The number of hydrogen-bond donors (Lipinski definition) is 2. The maximum Gasteiger partial charge on any atom is 0.123 e. The van der Waals surface area contributed by atoms with Crippen molar-refractivity contribution in [3.8, 4) is 5.75 Å². The third-order valence-corrected chi connectivity index (χ3v) is 3.77. The summed E-state index contributed by atoms with van der Waals surface area (Å²) in [6.45, 7) is 2.39. The van der Waals surface area contributed by atoms with Crippen molar-refractivity contribution in [3.05, 3.63) is 58.1 Å². The molecule has 20 heavy (non-hydrogen) atoms. The number of aromatic hydroxyl groups is 1. The van der Waals surface area contributed by atoms with Crippen LogP contribution >= 0.6 is 15.9 Å². The van der Waals surface area contributed by atoms with Gasteiger partial charge in [-0.3, -0.25) is 0 Å². The lowest BCUT2D eigenvalue weighted by Gasteiger charge is -2.21. The number of phenols is 1. The summed E-state index contributed by atoms with van der Waals surface area (Å²) in [7, 11) is 1.97. The highest BCUT2D eigenvalue weighted by molar-refractivity contribution is 9.10. The molecule has 0 heterocycles. The van der Waals surface area contributed by atoms with Crippen LogP contribution < -0.4 is 4.90 Å². The minimum Gasteiger partial charge on any atom is -0.507 e. The molecule has 1 unspecified atom stereocenters. The largest absolute Gasteiger partial charge is 0.507 e. The molecule has 0 aliphatic heterocycles. The van der Waals surface area contributed by atoms with Gasteiger partial charge >= 0.3 is 0 Å². The second kappa shape index (κ2) is 6.29. The van der Waals surface area contributed by atoms with Gasteiger partial charge in [-0.1, -0.05) is 34.1 Å². The van der Waals surface area contributed by atoms with Crippen LogP contribution in [0.15, 0.2) is 46.9 Å². The highest BCUT2D eigenvalue weighted by Gasteiger charge is 2.10. The Morgan fingerprint density at radius 2 is 1.80 bits per heavy atom. The molecule has 0 aliphatic carbocycles. The lowest BCUT2D eigenvalue weighted by molar-refractivity contribution is 0.195. The van der Waals surface area contributed by atoms with E-state index in [9.17, 15) is 10.2 Å². The molecule has 2 rings (SSSR count). The van der Waals surface area contributed by atoms with Crippen molar-refractivity contribution in [1.82, 2.24) is 0 Å². The number of hydrogen-bond acceptors (Lipinski definition) is 3. The van der Waals surface area contributed by atoms with Crippen LogP contribution in [0.2, 0.25) is 0 Å². The number of aliphatic hydroxyl groups is 1. The zero-order valence-electron chi connectivity index (χ0n) is 11.5. The summed E-state index contributed by atoms with van der Waals surface area (Å²) < 4.78 is 1.06. The second-order valence-corrected chi connectivity index (χ2v) is 5.82. The molecule has 0 spiro atoms. The first-order chi connectivity index (χ1) is 9.47. The van der Waals surface area contributed by atoms with Crippen LogP contribution in [0, 0.1) is 0 Å². The number of rotatable bonds is 4. The molecule has 4 heteroatoms. The molecule has 0 fully saturated rings.